The third-order valence-electron chi connectivity index (χ3n) is 2.54. The molecule has 5 heteroatoms. The van der Waals surface area contributed by atoms with Gasteiger partial charge in [-0.1, -0.05) is 19.1 Å². The Labute approximate surface area is 103 Å². The van der Waals surface area contributed by atoms with Gasteiger partial charge in [-0.3, -0.25) is 0 Å². The Hall–Kier alpha value is -1.07. The summed E-state index contributed by atoms with van der Waals surface area (Å²) in [7, 11) is -3.14. The minimum absolute atomic E-state index is 0.134. The molecule has 0 saturated heterocycles. The zero-order chi connectivity index (χ0) is 12.9. The maximum Gasteiger partial charge on any atom is 0.214 e. The van der Waals surface area contributed by atoms with E-state index < -0.39 is 10.0 Å². The van der Waals surface area contributed by atoms with Gasteiger partial charge in [0.05, 0.1) is 5.75 Å². The van der Waals surface area contributed by atoms with Crippen molar-refractivity contribution in [3.63, 3.8) is 0 Å². The van der Waals surface area contributed by atoms with Gasteiger partial charge in [0, 0.05) is 18.8 Å². The molecule has 0 bridgehead atoms. The Kier molecular flexibility index (Phi) is 4.96. The van der Waals surface area contributed by atoms with Crippen molar-refractivity contribution in [2.24, 2.45) is 0 Å². The van der Waals surface area contributed by atoms with Gasteiger partial charge in [0.1, 0.15) is 0 Å². The highest BCUT2D eigenvalue weighted by atomic mass is 32.2. The fraction of sp³-hybridized carbons (Fsp3) is 0.500. The summed E-state index contributed by atoms with van der Waals surface area (Å²) in [6.07, 6.45) is 0.807. The van der Waals surface area contributed by atoms with Crippen molar-refractivity contribution in [1.29, 1.82) is 0 Å². The van der Waals surface area contributed by atoms with E-state index in [1.54, 1.807) is 13.0 Å². The zero-order valence-electron chi connectivity index (χ0n) is 10.4. The van der Waals surface area contributed by atoms with Crippen LogP contribution < -0.4 is 5.73 Å². The summed E-state index contributed by atoms with van der Waals surface area (Å²) in [6.45, 7) is 4.58. The molecule has 0 atom stereocenters. The van der Waals surface area contributed by atoms with Crippen LogP contribution in [0, 0.1) is 0 Å². The van der Waals surface area contributed by atoms with Crippen molar-refractivity contribution >= 4 is 15.7 Å². The van der Waals surface area contributed by atoms with Crippen LogP contribution in [0.25, 0.3) is 0 Å². The molecule has 0 aliphatic rings. The van der Waals surface area contributed by atoms with Gasteiger partial charge < -0.3 is 5.73 Å². The summed E-state index contributed by atoms with van der Waals surface area (Å²) in [5, 5.41) is 0. The number of nitrogens with zero attached hydrogens (tertiary/aromatic N) is 1. The van der Waals surface area contributed by atoms with Gasteiger partial charge in [-0.05, 0) is 31.0 Å². The Balaban J connectivity index is 2.88. The van der Waals surface area contributed by atoms with E-state index in [0.29, 0.717) is 18.8 Å². The lowest BCUT2D eigenvalue weighted by molar-refractivity contribution is 0.406. The van der Waals surface area contributed by atoms with Gasteiger partial charge in [0.25, 0.3) is 0 Å². The predicted octanol–water partition coefficient (Wildman–Crippen LogP) is 1.83. The average molecular weight is 256 g/mol. The lowest BCUT2D eigenvalue weighted by Crippen LogP contribution is -2.32. The first-order valence-corrected chi connectivity index (χ1v) is 7.42. The quantitative estimate of drug-likeness (QED) is 0.790. The number of nitrogens with two attached hydrogens (primary N) is 1. The molecule has 0 aliphatic carbocycles. The smallest absolute Gasteiger partial charge is 0.214 e. The molecule has 4 nitrogen and oxygen atoms in total. The molecule has 17 heavy (non-hydrogen) atoms. The van der Waals surface area contributed by atoms with E-state index in [2.05, 4.69) is 0 Å². The topological polar surface area (TPSA) is 63.4 Å². The molecule has 0 radical (unpaired) electrons. The molecule has 1 rings (SSSR count). The van der Waals surface area contributed by atoms with Crippen LogP contribution in [0.15, 0.2) is 24.3 Å². The normalized spacial score (nSPS) is 11.9. The predicted molar refractivity (Wildman–Crippen MR) is 71.0 cm³/mol. The van der Waals surface area contributed by atoms with Gasteiger partial charge in [0.15, 0.2) is 0 Å². The number of hydrogen-bond donors (Lipinski definition) is 1. The summed E-state index contributed by atoms with van der Waals surface area (Å²) in [5.41, 5.74) is 7.27. The van der Waals surface area contributed by atoms with Crippen molar-refractivity contribution in [1.82, 2.24) is 4.31 Å². The Morgan fingerprint density at radius 3 is 2.53 bits per heavy atom. The van der Waals surface area contributed by atoms with Crippen LogP contribution in [-0.4, -0.2) is 25.0 Å². The van der Waals surface area contributed by atoms with Gasteiger partial charge in [-0.2, -0.15) is 4.31 Å². The first-order valence-electron chi connectivity index (χ1n) is 5.81. The molecule has 0 fully saturated rings. The van der Waals surface area contributed by atoms with Crippen LogP contribution in [0.2, 0.25) is 0 Å². The van der Waals surface area contributed by atoms with Crippen molar-refractivity contribution < 1.29 is 8.42 Å². The van der Waals surface area contributed by atoms with Crippen LogP contribution in [0.4, 0.5) is 5.69 Å². The Bertz CT molecular complexity index is 457. The van der Waals surface area contributed by atoms with E-state index in [1.807, 2.05) is 25.1 Å². The van der Waals surface area contributed by atoms with Crippen LogP contribution in [0.1, 0.15) is 25.8 Å². The molecule has 0 unspecified atom stereocenters. The SMILES string of the molecule is CCCN(Cc1cccc(N)c1)S(=O)(=O)CC. The third kappa shape index (κ3) is 4.02. The van der Waals surface area contributed by atoms with E-state index in [-0.39, 0.29) is 5.75 Å². The molecule has 0 saturated carbocycles. The van der Waals surface area contributed by atoms with E-state index in [4.69, 9.17) is 5.73 Å². The van der Waals surface area contributed by atoms with Crippen molar-refractivity contribution in [2.75, 3.05) is 18.0 Å². The van der Waals surface area contributed by atoms with Crippen LogP contribution in [0.3, 0.4) is 0 Å². The summed E-state index contributed by atoms with van der Waals surface area (Å²) < 4.78 is 25.3. The Morgan fingerprint density at radius 2 is 2.00 bits per heavy atom. The second kappa shape index (κ2) is 6.02. The second-order valence-electron chi connectivity index (χ2n) is 3.98. The zero-order valence-corrected chi connectivity index (χ0v) is 11.2. The molecule has 1 aromatic rings. The summed E-state index contributed by atoms with van der Waals surface area (Å²) in [5.74, 6) is 0.134. The minimum Gasteiger partial charge on any atom is -0.399 e. The second-order valence-corrected chi connectivity index (χ2v) is 6.24. The van der Waals surface area contributed by atoms with Gasteiger partial charge in [-0.25, -0.2) is 8.42 Å². The summed E-state index contributed by atoms with van der Waals surface area (Å²) in [4.78, 5) is 0. The number of nitrogen functional groups attached to an aromatic ring is 1. The highest BCUT2D eigenvalue weighted by Gasteiger charge is 2.19. The lowest BCUT2D eigenvalue weighted by atomic mass is 10.2. The van der Waals surface area contributed by atoms with E-state index in [9.17, 15) is 8.42 Å². The summed E-state index contributed by atoms with van der Waals surface area (Å²) >= 11 is 0. The van der Waals surface area contributed by atoms with Gasteiger partial charge in [0.2, 0.25) is 10.0 Å². The van der Waals surface area contributed by atoms with Gasteiger partial charge in [-0.15, -0.1) is 0 Å². The molecule has 2 N–H and O–H groups in total. The molecular formula is C12H20N2O2S. The number of hydrogen-bond acceptors (Lipinski definition) is 3. The van der Waals surface area contributed by atoms with Crippen molar-refractivity contribution in [3.05, 3.63) is 29.8 Å². The van der Waals surface area contributed by atoms with Crippen molar-refractivity contribution in [2.45, 2.75) is 26.8 Å². The molecule has 96 valence electrons. The lowest BCUT2D eigenvalue weighted by Gasteiger charge is -2.20. The van der Waals surface area contributed by atoms with E-state index in [1.165, 1.54) is 4.31 Å². The fourth-order valence-electron chi connectivity index (χ4n) is 1.64. The third-order valence-corrected chi connectivity index (χ3v) is 4.37. The first-order chi connectivity index (χ1) is 7.99. The maximum absolute atomic E-state index is 11.9. The number of benzene rings is 1. The first kappa shape index (κ1) is 14.0. The maximum atomic E-state index is 11.9. The minimum atomic E-state index is -3.14. The molecule has 0 aliphatic heterocycles. The summed E-state index contributed by atoms with van der Waals surface area (Å²) in [6, 6.07) is 7.34. The van der Waals surface area contributed by atoms with E-state index >= 15 is 0 Å². The molecule has 1 aromatic carbocycles. The average Bonchev–Trinajstić information content (AvgIpc) is 2.28. The monoisotopic (exact) mass is 256 g/mol. The largest absolute Gasteiger partial charge is 0.399 e. The molecule has 0 aromatic heterocycles. The molecule has 0 spiro atoms. The van der Waals surface area contributed by atoms with Crippen molar-refractivity contribution in [3.8, 4) is 0 Å². The van der Waals surface area contributed by atoms with Gasteiger partial charge >= 0.3 is 0 Å². The van der Waals surface area contributed by atoms with Crippen LogP contribution in [-0.2, 0) is 16.6 Å². The number of anilines is 1. The molecule has 0 heterocycles. The number of sulfonamides is 1. The highest BCUT2D eigenvalue weighted by Crippen LogP contribution is 2.13. The fourth-order valence-corrected chi connectivity index (χ4v) is 2.82. The van der Waals surface area contributed by atoms with Crippen LogP contribution >= 0.6 is 0 Å². The standard InChI is InChI=1S/C12H20N2O2S/c1-3-8-14(17(15,16)4-2)10-11-6-5-7-12(13)9-11/h5-7,9H,3-4,8,10,13H2,1-2H3. The van der Waals surface area contributed by atoms with Crippen LogP contribution in [0.5, 0.6) is 0 Å². The van der Waals surface area contributed by atoms with E-state index in [0.717, 1.165) is 12.0 Å². The number of rotatable bonds is 6. The highest BCUT2D eigenvalue weighted by molar-refractivity contribution is 7.89. The Morgan fingerprint density at radius 1 is 1.29 bits per heavy atom. The molecular weight excluding hydrogens is 236 g/mol. The molecule has 0 amide bonds.